The third kappa shape index (κ3) is 3.13. The molecule has 1 heterocycles. The summed E-state index contributed by atoms with van der Waals surface area (Å²) in [7, 11) is 0. The molecule has 1 amide bonds. The number of carbonyl (C=O) groups is 1. The summed E-state index contributed by atoms with van der Waals surface area (Å²) in [5, 5.41) is 2.54. The maximum Gasteiger partial charge on any atom is 0.256 e. The van der Waals surface area contributed by atoms with Crippen molar-refractivity contribution in [3.63, 3.8) is 0 Å². The minimum absolute atomic E-state index is 0.192. The Kier molecular flexibility index (Phi) is 3.72. The number of amides is 1. The number of nitrogens with zero attached hydrogens (tertiary/aromatic N) is 1. The standard InChI is InChI=1S/C13H10BrFN2O/c1-8-5-9(7-10(14)6-8)13(18)17-12-4-2-3-11(15)16-12/h2-7H,1H3,(H,16,17,18). The summed E-state index contributed by atoms with van der Waals surface area (Å²) in [6, 6.07) is 9.59. The SMILES string of the molecule is Cc1cc(Br)cc(C(=O)Nc2cccc(F)n2)c1. The predicted octanol–water partition coefficient (Wildman–Crippen LogP) is 3.54. The highest BCUT2D eigenvalue weighted by Crippen LogP contribution is 2.16. The monoisotopic (exact) mass is 308 g/mol. The minimum atomic E-state index is -0.627. The van der Waals surface area contributed by atoms with E-state index in [9.17, 15) is 9.18 Å². The molecule has 0 radical (unpaired) electrons. The molecule has 0 aliphatic carbocycles. The number of pyridine rings is 1. The fourth-order valence-corrected chi connectivity index (χ4v) is 2.14. The number of benzene rings is 1. The second kappa shape index (κ2) is 5.27. The fourth-order valence-electron chi connectivity index (χ4n) is 1.53. The van der Waals surface area contributed by atoms with Crippen molar-refractivity contribution in [1.29, 1.82) is 0 Å². The van der Waals surface area contributed by atoms with E-state index >= 15 is 0 Å². The number of hydrogen-bond acceptors (Lipinski definition) is 2. The molecule has 0 aliphatic rings. The maximum absolute atomic E-state index is 12.9. The van der Waals surface area contributed by atoms with Crippen LogP contribution in [0.1, 0.15) is 15.9 Å². The van der Waals surface area contributed by atoms with Crippen LogP contribution in [-0.2, 0) is 0 Å². The van der Waals surface area contributed by atoms with Crippen molar-refractivity contribution in [2.24, 2.45) is 0 Å². The molecule has 1 aromatic heterocycles. The molecule has 0 unspecified atom stereocenters. The lowest BCUT2D eigenvalue weighted by Gasteiger charge is -2.05. The van der Waals surface area contributed by atoms with E-state index in [4.69, 9.17) is 0 Å². The van der Waals surface area contributed by atoms with Gasteiger partial charge in [0.15, 0.2) is 0 Å². The normalized spacial score (nSPS) is 10.2. The molecule has 3 nitrogen and oxygen atoms in total. The zero-order valence-corrected chi connectivity index (χ0v) is 11.2. The van der Waals surface area contributed by atoms with Crippen LogP contribution in [0.2, 0.25) is 0 Å². The van der Waals surface area contributed by atoms with E-state index in [1.165, 1.54) is 18.2 Å². The molecule has 0 spiro atoms. The van der Waals surface area contributed by atoms with E-state index in [-0.39, 0.29) is 11.7 Å². The molecule has 1 aromatic carbocycles. The van der Waals surface area contributed by atoms with Gasteiger partial charge in [0.1, 0.15) is 5.82 Å². The third-order valence-electron chi connectivity index (χ3n) is 2.26. The van der Waals surface area contributed by atoms with Crippen molar-refractivity contribution >= 4 is 27.7 Å². The highest BCUT2D eigenvalue weighted by atomic mass is 79.9. The molecule has 0 saturated heterocycles. The van der Waals surface area contributed by atoms with Gasteiger partial charge in [0.2, 0.25) is 5.95 Å². The van der Waals surface area contributed by atoms with Crippen LogP contribution >= 0.6 is 15.9 Å². The molecule has 0 saturated carbocycles. The number of anilines is 1. The average molecular weight is 309 g/mol. The molecule has 2 rings (SSSR count). The Labute approximate surface area is 112 Å². The Morgan fingerprint density at radius 1 is 1.33 bits per heavy atom. The van der Waals surface area contributed by atoms with Crippen LogP contribution in [0, 0.1) is 12.9 Å². The molecular formula is C13H10BrFN2O. The number of halogens is 2. The zero-order valence-electron chi connectivity index (χ0n) is 9.58. The van der Waals surface area contributed by atoms with Gasteiger partial charge in [-0.3, -0.25) is 4.79 Å². The smallest absolute Gasteiger partial charge is 0.256 e. The highest BCUT2D eigenvalue weighted by Gasteiger charge is 2.08. The van der Waals surface area contributed by atoms with E-state index in [0.29, 0.717) is 5.56 Å². The summed E-state index contributed by atoms with van der Waals surface area (Å²) in [5.41, 5.74) is 1.45. The van der Waals surface area contributed by atoms with E-state index in [2.05, 4.69) is 26.2 Å². The van der Waals surface area contributed by atoms with Crippen LogP contribution in [0.15, 0.2) is 40.9 Å². The molecule has 92 valence electrons. The van der Waals surface area contributed by atoms with Gasteiger partial charge in [-0.15, -0.1) is 0 Å². The largest absolute Gasteiger partial charge is 0.306 e. The summed E-state index contributed by atoms with van der Waals surface area (Å²) >= 11 is 3.32. The van der Waals surface area contributed by atoms with Crippen LogP contribution in [0.25, 0.3) is 0 Å². The van der Waals surface area contributed by atoms with Crippen molar-refractivity contribution in [2.75, 3.05) is 5.32 Å². The Balaban J connectivity index is 2.22. The van der Waals surface area contributed by atoms with Crippen LogP contribution in [-0.4, -0.2) is 10.9 Å². The second-order valence-electron chi connectivity index (χ2n) is 3.82. The lowest BCUT2D eigenvalue weighted by molar-refractivity contribution is 0.102. The first kappa shape index (κ1) is 12.7. The number of hydrogen-bond donors (Lipinski definition) is 1. The molecule has 0 aliphatic heterocycles. The van der Waals surface area contributed by atoms with E-state index in [1.54, 1.807) is 12.1 Å². The Morgan fingerprint density at radius 3 is 2.78 bits per heavy atom. The van der Waals surface area contributed by atoms with E-state index in [1.807, 2.05) is 13.0 Å². The first-order valence-corrected chi connectivity index (χ1v) is 6.05. The molecule has 1 N–H and O–H groups in total. The Morgan fingerprint density at radius 2 is 2.11 bits per heavy atom. The van der Waals surface area contributed by atoms with Gasteiger partial charge in [-0.25, -0.2) is 4.98 Å². The minimum Gasteiger partial charge on any atom is -0.306 e. The topological polar surface area (TPSA) is 42.0 Å². The van der Waals surface area contributed by atoms with Gasteiger partial charge in [0.25, 0.3) is 5.91 Å². The van der Waals surface area contributed by atoms with Gasteiger partial charge in [0.05, 0.1) is 0 Å². The number of aromatic nitrogens is 1. The maximum atomic E-state index is 12.9. The van der Waals surface area contributed by atoms with Gasteiger partial charge in [-0.2, -0.15) is 4.39 Å². The van der Waals surface area contributed by atoms with Crippen molar-refractivity contribution in [3.05, 3.63) is 57.9 Å². The number of nitrogens with one attached hydrogen (secondary N) is 1. The Hall–Kier alpha value is -1.75. The van der Waals surface area contributed by atoms with Crippen LogP contribution in [0.5, 0.6) is 0 Å². The van der Waals surface area contributed by atoms with Crippen LogP contribution in [0.3, 0.4) is 0 Å². The Bertz CT molecular complexity index is 581. The molecule has 0 fully saturated rings. The fraction of sp³-hybridized carbons (Fsp3) is 0.0769. The molecular weight excluding hydrogens is 299 g/mol. The first-order chi connectivity index (χ1) is 8.54. The number of aryl methyl sites for hydroxylation is 1. The number of rotatable bonds is 2. The predicted molar refractivity (Wildman–Crippen MR) is 71.0 cm³/mol. The van der Waals surface area contributed by atoms with Crippen LogP contribution in [0.4, 0.5) is 10.2 Å². The molecule has 0 atom stereocenters. The lowest BCUT2D eigenvalue weighted by Crippen LogP contribution is -2.13. The third-order valence-corrected chi connectivity index (χ3v) is 2.72. The molecule has 0 bridgehead atoms. The lowest BCUT2D eigenvalue weighted by atomic mass is 10.1. The molecule has 18 heavy (non-hydrogen) atoms. The van der Waals surface area contributed by atoms with E-state index in [0.717, 1.165) is 10.0 Å². The second-order valence-corrected chi connectivity index (χ2v) is 4.73. The molecule has 5 heteroatoms. The van der Waals surface area contributed by atoms with Crippen molar-refractivity contribution in [3.8, 4) is 0 Å². The number of carbonyl (C=O) groups excluding carboxylic acids is 1. The summed E-state index contributed by atoms with van der Waals surface area (Å²) in [6.45, 7) is 1.89. The van der Waals surface area contributed by atoms with Crippen molar-refractivity contribution in [2.45, 2.75) is 6.92 Å². The van der Waals surface area contributed by atoms with Gasteiger partial charge in [-0.1, -0.05) is 22.0 Å². The van der Waals surface area contributed by atoms with Gasteiger partial charge in [-0.05, 0) is 42.8 Å². The van der Waals surface area contributed by atoms with Crippen molar-refractivity contribution < 1.29 is 9.18 Å². The van der Waals surface area contributed by atoms with Gasteiger partial charge < -0.3 is 5.32 Å². The summed E-state index contributed by atoms with van der Waals surface area (Å²) in [6.07, 6.45) is 0. The van der Waals surface area contributed by atoms with Crippen LogP contribution < -0.4 is 5.32 Å². The summed E-state index contributed by atoms with van der Waals surface area (Å²) in [5.74, 6) is -0.756. The quantitative estimate of drug-likeness (QED) is 0.862. The van der Waals surface area contributed by atoms with Crippen molar-refractivity contribution in [1.82, 2.24) is 4.98 Å². The summed E-state index contributed by atoms with van der Waals surface area (Å²) in [4.78, 5) is 15.5. The zero-order chi connectivity index (χ0) is 13.1. The first-order valence-electron chi connectivity index (χ1n) is 5.26. The van der Waals surface area contributed by atoms with Gasteiger partial charge >= 0.3 is 0 Å². The molecule has 2 aromatic rings. The average Bonchev–Trinajstić information content (AvgIpc) is 2.27. The summed E-state index contributed by atoms with van der Waals surface area (Å²) < 4.78 is 13.7. The van der Waals surface area contributed by atoms with Gasteiger partial charge in [0, 0.05) is 10.0 Å². The highest BCUT2D eigenvalue weighted by molar-refractivity contribution is 9.10. The van der Waals surface area contributed by atoms with E-state index < -0.39 is 5.95 Å².